The van der Waals surface area contributed by atoms with E-state index in [0.29, 0.717) is 23.2 Å². The summed E-state index contributed by atoms with van der Waals surface area (Å²) in [5.41, 5.74) is 4.08. The number of fused-ring (bicyclic) bond motifs is 6. The first-order valence-corrected chi connectivity index (χ1v) is 20.7. The van der Waals surface area contributed by atoms with E-state index in [1.807, 2.05) is 32.8 Å². The number of aliphatic imine (C=N–C) groups is 1. The van der Waals surface area contributed by atoms with Crippen LogP contribution in [0, 0.1) is 17.8 Å². The smallest absolute Gasteiger partial charge is 0.351 e. The number of rotatable bonds is 8. The zero-order chi connectivity index (χ0) is 44.5. The molecule has 3 fully saturated rings. The van der Waals surface area contributed by atoms with Crippen LogP contribution in [-0.2, 0) is 49.5 Å². The minimum atomic E-state index is -3.21. The monoisotopic (exact) mass is 849 g/mol. The lowest BCUT2D eigenvalue weighted by molar-refractivity contribution is -0.298. The third-order valence-electron chi connectivity index (χ3n) is 12.2. The number of oxazole rings is 1. The predicted octanol–water partition coefficient (Wildman–Crippen LogP) is 3.45. The van der Waals surface area contributed by atoms with Crippen LogP contribution in [0.4, 0.5) is 10.4 Å². The van der Waals surface area contributed by atoms with Crippen LogP contribution >= 0.6 is 0 Å². The number of halogens is 1. The van der Waals surface area contributed by atoms with E-state index in [0.717, 1.165) is 12.5 Å². The molecule has 5 rings (SSSR count). The summed E-state index contributed by atoms with van der Waals surface area (Å²) < 4.78 is 54.3. The van der Waals surface area contributed by atoms with Gasteiger partial charge in [0.15, 0.2) is 17.7 Å². The summed E-state index contributed by atoms with van der Waals surface area (Å²) in [5, 5.41) is 24.0. The Morgan fingerprint density at radius 2 is 1.83 bits per heavy atom. The van der Waals surface area contributed by atoms with E-state index >= 15 is 4.39 Å². The number of aliphatic hydroxyl groups is 2. The number of Topliss-reactive ketones (excluding diaryl/α,β-unsaturated/α-hetero) is 1. The fraction of sp³-hybridized carbons (Fsp3) is 0.738. The van der Waals surface area contributed by atoms with E-state index in [1.165, 1.54) is 20.8 Å². The van der Waals surface area contributed by atoms with Gasteiger partial charge in [-0.1, -0.05) is 33.8 Å². The minimum Gasteiger partial charge on any atom is -0.457 e. The van der Waals surface area contributed by atoms with Gasteiger partial charge in [-0.15, -0.1) is 0 Å². The van der Waals surface area contributed by atoms with Crippen molar-refractivity contribution in [3.8, 4) is 0 Å². The third-order valence-corrected chi connectivity index (χ3v) is 12.2. The average Bonchev–Trinajstić information content (AvgIpc) is 3.54. The number of anilines is 1. The molecule has 1 unspecified atom stereocenters. The number of benzene rings is 1. The molecule has 1 amide bonds. The van der Waals surface area contributed by atoms with E-state index in [9.17, 15) is 24.6 Å². The van der Waals surface area contributed by atoms with Crippen LogP contribution in [0.5, 0.6) is 0 Å². The van der Waals surface area contributed by atoms with E-state index in [-0.39, 0.29) is 44.8 Å². The highest BCUT2D eigenvalue weighted by Gasteiger charge is 2.57. The van der Waals surface area contributed by atoms with Crippen LogP contribution in [0.3, 0.4) is 0 Å². The van der Waals surface area contributed by atoms with Crippen molar-refractivity contribution in [1.29, 1.82) is 0 Å². The van der Waals surface area contributed by atoms with Gasteiger partial charge < -0.3 is 48.9 Å². The summed E-state index contributed by atoms with van der Waals surface area (Å²) in [7, 11) is 3.64. The van der Waals surface area contributed by atoms with Crippen molar-refractivity contribution in [2.75, 3.05) is 33.0 Å². The molecule has 0 aliphatic carbocycles. The zero-order valence-electron chi connectivity index (χ0n) is 36.6. The van der Waals surface area contributed by atoms with Crippen molar-refractivity contribution in [3.63, 3.8) is 0 Å². The number of amides is 1. The number of nitrogens with one attached hydrogen (secondary N) is 1. The van der Waals surface area contributed by atoms with Gasteiger partial charge in [-0.25, -0.2) is 14.2 Å². The Bertz CT molecular complexity index is 1870. The highest BCUT2D eigenvalue weighted by Crippen LogP contribution is 2.41. The normalized spacial score (nSPS) is 39.6. The second-order valence-corrected chi connectivity index (χ2v) is 17.6. The first kappa shape index (κ1) is 47.6. The van der Waals surface area contributed by atoms with Crippen LogP contribution in [0.1, 0.15) is 87.1 Å². The van der Waals surface area contributed by atoms with Gasteiger partial charge in [0.2, 0.25) is 5.91 Å². The maximum Gasteiger partial charge on any atom is 0.351 e. The number of alkyl halides is 1. The molecule has 3 aliphatic rings. The van der Waals surface area contributed by atoms with Gasteiger partial charge in [-0.05, 0) is 84.7 Å². The Balaban J connectivity index is 1.64. The molecule has 4 heterocycles. The Kier molecular flexibility index (Phi) is 15.0. The summed E-state index contributed by atoms with van der Waals surface area (Å²) in [6.07, 6.45) is -6.37. The maximum atomic E-state index is 16.9. The first-order valence-electron chi connectivity index (χ1n) is 20.7. The quantitative estimate of drug-likeness (QED) is 0.170. The molecule has 3 aliphatic heterocycles. The molecule has 60 heavy (non-hydrogen) atoms. The maximum absolute atomic E-state index is 16.9. The fourth-order valence-corrected chi connectivity index (χ4v) is 9.03. The summed E-state index contributed by atoms with van der Waals surface area (Å²) in [6, 6.07) is 4.14. The number of hydrogen-bond acceptors (Lipinski definition) is 16. The van der Waals surface area contributed by atoms with Gasteiger partial charge >= 0.3 is 5.97 Å². The van der Waals surface area contributed by atoms with Crippen LogP contribution in [0.15, 0.2) is 27.6 Å². The lowest BCUT2D eigenvalue weighted by Crippen LogP contribution is -2.61. The minimum absolute atomic E-state index is 0.000898. The van der Waals surface area contributed by atoms with Crippen LogP contribution in [0.25, 0.3) is 11.1 Å². The number of nitrogen functional groups attached to an aromatic ring is 1. The van der Waals surface area contributed by atoms with Crippen molar-refractivity contribution < 1.29 is 61.9 Å². The molecule has 2 bridgehead atoms. The number of ether oxygens (including phenoxy) is 5. The number of esters is 1. The SMILES string of the molecule is CC[C@H]1OC(=O)[C@@](C)(F)C(=O)[C@H](C)[C@@H](O[C@@H]2O[C@H](C)C[C@H](N(C)C)[C@H]2O)[C@@]2(C)C[C@@H](C)C(=NC(C)=O)[C@H](C)[C@@H](OCC(NOCc3ccc4nc(N)oc4c3)CO2)[C@]1(C)O. The fourth-order valence-electron chi connectivity index (χ4n) is 9.03. The molecule has 5 N–H and O–H groups in total. The highest BCUT2D eigenvalue weighted by molar-refractivity contribution is 6.08. The van der Waals surface area contributed by atoms with Crippen LogP contribution in [-0.4, -0.2) is 137 Å². The van der Waals surface area contributed by atoms with E-state index in [4.69, 9.17) is 38.7 Å². The standard InChI is InChI=1S/C42H64FN5O12/c1-12-31-42(9,53)36-23(4)32(45-25(6)49)21(2)17-40(7,55-20-27(19-54-36)47-56-18-26-13-14-28-30(16-26)58-39(44)46-28)35(24(5)34(51)41(8,43)38(52)59-31)60-37-33(50)29(48(10)11)15-22(3)57-37/h13-14,16,21-24,27,29,31,33,35-37,47,50,53H,12,15,17-20H2,1-11H3,(H2,44,46)/t21-,22-,23+,24+,27?,29+,31-,33-,35-,36-,37+,40-,41+,42-/m1/s1. The van der Waals surface area contributed by atoms with E-state index < -0.39 is 95.1 Å². The van der Waals surface area contributed by atoms with Crippen molar-refractivity contribution in [1.82, 2.24) is 15.4 Å². The van der Waals surface area contributed by atoms with Crippen molar-refractivity contribution in [2.24, 2.45) is 22.7 Å². The second-order valence-electron chi connectivity index (χ2n) is 17.6. The number of likely N-dealkylation sites (N-methyl/N-ethyl adjacent to an activating group) is 1. The Morgan fingerprint density at radius 1 is 1.13 bits per heavy atom. The lowest BCUT2D eigenvalue weighted by Gasteiger charge is -2.48. The summed E-state index contributed by atoms with van der Waals surface area (Å²) in [4.78, 5) is 57.5. The van der Waals surface area contributed by atoms with Crippen LogP contribution < -0.4 is 11.2 Å². The molecule has 1 aromatic carbocycles. The van der Waals surface area contributed by atoms with E-state index in [2.05, 4.69) is 15.5 Å². The van der Waals surface area contributed by atoms with Gasteiger partial charge in [0, 0.05) is 30.5 Å². The van der Waals surface area contributed by atoms with Gasteiger partial charge in [-0.3, -0.25) is 14.4 Å². The van der Waals surface area contributed by atoms with Crippen molar-refractivity contribution >= 4 is 40.5 Å². The largest absolute Gasteiger partial charge is 0.457 e. The Morgan fingerprint density at radius 3 is 2.48 bits per heavy atom. The molecule has 0 spiro atoms. The number of nitrogens with zero attached hydrogens (tertiary/aromatic N) is 3. The highest BCUT2D eigenvalue weighted by atomic mass is 19.1. The molecular weight excluding hydrogens is 785 g/mol. The molecule has 3 saturated heterocycles. The molecule has 14 atom stereocenters. The number of cyclic esters (lactones) is 1. The number of hydrogen-bond donors (Lipinski definition) is 4. The molecule has 336 valence electrons. The Hall–Kier alpha value is -3.46. The number of nitrogens with two attached hydrogens (primary N) is 1. The molecular formula is C42H64FN5O12. The van der Waals surface area contributed by atoms with Gasteiger partial charge in [-0.2, -0.15) is 10.5 Å². The molecule has 0 saturated carbocycles. The first-order chi connectivity index (χ1) is 28.0. The van der Waals surface area contributed by atoms with Gasteiger partial charge in [0.1, 0.15) is 23.3 Å². The van der Waals surface area contributed by atoms with E-state index in [1.54, 1.807) is 39.0 Å². The third kappa shape index (κ3) is 10.2. The van der Waals surface area contributed by atoms with Gasteiger partial charge in [0.25, 0.3) is 11.7 Å². The molecule has 0 radical (unpaired) electrons. The predicted molar refractivity (Wildman–Crippen MR) is 217 cm³/mol. The number of carbonyl (C=O) groups excluding carboxylic acids is 3. The van der Waals surface area contributed by atoms with Crippen LogP contribution in [0.2, 0.25) is 0 Å². The molecule has 2 aromatic rings. The van der Waals surface area contributed by atoms with Crippen molar-refractivity contribution in [2.45, 2.75) is 154 Å². The lowest BCUT2D eigenvalue weighted by atomic mass is 9.73. The molecule has 18 heteroatoms. The Labute approximate surface area is 350 Å². The second kappa shape index (κ2) is 18.9. The van der Waals surface area contributed by atoms with Gasteiger partial charge in [0.05, 0.1) is 49.8 Å². The van der Waals surface area contributed by atoms with Crippen molar-refractivity contribution in [3.05, 3.63) is 23.8 Å². The summed E-state index contributed by atoms with van der Waals surface area (Å²) in [6.45, 7) is 13.4. The summed E-state index contributed by atoms with van der Waals surface area (Å²) in [5.74, 6) is -6.04. The molecule has 17 nitrogen and oxygen atoms in total. The number of ketones is 1. The average molecular weight is 850 g/mol. The zero-order valence-corrected chi connectivity index (χ0v) is 36.6. The number of hydroxylamine groups is 1. The topological polar surface area (TPSA) is 227 Å². The number of aliphatic hydroxyl groups excluding tert-OH is 1. The summed E-state index contributed by atoms with van der Waals surface area (Å²) >= 11 is 0. The number of carbonyl (C=O) groups is 3. The number of aromatic nitrogens is 1. The molecule has 1 aromatic heterocycles.